The van der Waals surface area contributed by atoms with Gasteiger partial charge in [0.05, 0.1) is 11.7 Å². The molecule has 1 unspecified atom stereocenters. The molecule has 2 aromatic heterocycles. The average Bonchev–Trinajstić information content (AvgIpc) is 3.36. The van der Waals surface area contributed by atoms with Gasteiger partial charge < -0.3 is 28.6 Å². The van der Waals surface area contributed by atoms with E-state index in [0.717, 1.165) is 16.7 Å². The predicted molar refractivity (Wildman–Crippen MR) is 118 cm³/mol. The fourth-order valence-corrected chi connectivity index (χ4v) is 4.84. The Morgan fingerprint density at radius 1 is 1.19 bits per heavy atom. The van der Waals surface area contributed by atoms with Crippen LogP contribution in [-0.2, 0) is 9.47 Å². The molecule has 0 bridgehead atoms. The minimum atomic E-state index is -1.00. The third kappa shape index (κ3) is 3.81. The number of ether oxygens (including phenoxy) is 4. The summed E-state index contributed by atoms with van der Waals surface area (Å²) in [6, 6.07) is 7.09. The van der Waals surface area contributed by atoms with Crippen LogP contribution in [0.15, 0.2) is 36.8 Å². The van der Waals surface area contributed by atoms with Gasteiger partial charge in [-0.15, -0.1) is 0 Å². The Kier molecular flexibility index (Phi) is 5.28. The number of nitrogens with zero attached hydrogens (tertiary/aromatic N) is 3. The third-order valence-electron chi connectivity index (χ3n) is 5.93. The van der Waals surface area contributed by atoms with E-state index in [1.807, 2.05) is 33.0 Å². The van der Waals surface area contributed by atoms with Gasteiger partial charge in [-0.3, -0.25) is 0 Å². The summed E-state index contributed by atoms with van der Waals surface area (Å²) < 4.78 is 26.6. The van der Waals surface area contributed by atoms with Crippen LogP contribution in [0.2, 0.25) is 5.02 Å². The van der Waals surface area contributed by atoms with Crippen LogP contribution in [0.25, 0.3) is 11.0 Å². The minimum absolute atomic E-state index is 0.0352. The summed E-state index contributed by atoms with van der Waals surface area (Å²) in [6.07, 6.45) is 2.45. The van der Waals surface area contributed by atoms with Crippen molar-refractivity contribution >= 4 is 22.6 Å². The maximum Gasteiger partial charge on any atom is 0.194 e. The van der Waals surface area contributed by atoms with Crippen molar-refractivity contribution in [3.8, 4) is 11.5 Å². The molecule has 0 amide bonds. The number of aromatic nitrogens is 3. The summed E-state index contributed by atoms with van der Waals surface area (Å²) in [6.45, 7) is 7.32. The number of fused-ring (bicyclic) bond motifs is 2. The molecule has 0 radical (unpaired) electrons. The smallest absolute Gasteiger partial charge is 0.194 e. The van der Waals surface area contributed by atoms with Crippen LogP contribution in [0.3, 0.4) is 0 Å². The molecule has 2 aliphatic rings. The Morgan fingerprint density at radius 3 is 2.75 bits per heavy atom. The zero-order valence-corrected chi connectivity index (χ0v) is 19.1. The molecule has 1 aliphatic carbocycles. The van der Waals surface area contributed by atoms with Crippen molar-refractivity contribution in [3.63, 3.8) is 0 Å². The summed E-state index contributed by atoms with van der Waals surface area (Å²) >= 11 is 6.13. The first-order valence-electron chi connectivity index (χ1n) is 10.7. The molecular formula is C23H26ClN3O5. The Balaban J connectivity index is 1.49. The topological polar surface area (TPSA) is 87.9 Å². The molecule has 1 aliphatic heterocycles. The van der Waals surface area contributed by atoms with Crippen LogP contribution in [0.1, 0.15) is 38.9 Å². The lowest BCUT2D eigenvalue weighted by atomic mass is 10.2. The molecule has 1 saturated carbocycles. The monoisotopic (exact) mass is 459 g/mol. The van der Waals surface area contributed by atoms with Crippen LogP contribution < -0.4 is 9.47 Å². The zero-order chi connectivity index (χ0) is 22.6. The molecule has 2 fully saturated rings. The summed E-state index contributed by atoms with van der Waals surface area (Å²) in [7, 11) is 0. The molecule has 1 N–H and O–H groups in total. The van der Waals surface area contributed by atoms with E-state index in [0.29, 0.717) is 22.9 Å². The van der Waals surface area contributed by atoms with Gasteiger partial charge in [0.15, 0.2) is 23.6 Å². The molecular weight excluding hydrogens is 434 g/mol. The highest BCUT2D eigenvalue weighted by Gasteiger charge is 2.56. The Hall–Kier alpha value is -2.39. The van der Waals surface area contributed by atoms with E-state index >= 15 is 0 Å². The van der Waals surface area contributed by atoms with Crippen LogP contribution in [0, 0.1) is 6.92 Å². The predicted octanol–water partition coefficient (Wildman–Crippen LogP) is 4.02. The van der Waals surface area contributed by atoms with Gasteiger partial charge in [-0.25, -0.2) is 9.97 Å². The molecule has 32 heavy (non-hydrogen) atoms. The number of rotatable bonds is 5. The Labute approximate surface area is 191 Å². The lowest BCUT2D eigenvalue weighted by Gasteiger charge is -2.25. The van der Waals surface area contributed by atoms with E-state index < -0.39 is 12.1 Å². The van der Waals surface area contributed by atoms with Crippen molar-refractivity contribution < 1.29 is 24.1 Å². The van der Waals surface area contributed by atoms with Gasteiger partial charge in [-0.2, -0.15) is 0 Å². The molecule has 1 saturated heterocycles. The first kappa shape index (κ1) is 21.5. The molecule has 0 spiro atoms. The van der Waals surface area contributed by atoms with Gasteiger partial charge in [0.1, 0.15) is 30.3 Å². The van der Waals surface area contributed by atoms with E-state index in [1.54, 1.807) is 24.5 Å². The number of hydrogen-bond acceptors (Lipinski definition) is 7. The van der Waals surface area contributed by atoms with E-state index in [-0.39, 0.29) is 24.4 Å². The molecule has 9 heteroatoms. The lowest BCUT2D eigenvalue weighted by molar-refractivity contribution is -0.163. The third-order valence-corrected chi connectivity index (χ3v) is 6.17. The van der Waals surface area contributed by atoms with Crippen molar-refractivity contribution in [3.05, 3.63) is 47.5 Å². The van der Waals surface area contributed by atoms with Crippen molar-refractivity contribution in [2.24, 2.45) is 0 Å². The number of halogens is 1. The fourth-order valence-electron chi connectivity index (χ4n) is 4.68. The van der Waals surface area contributed by atoms with E-state index in [1.165, 1.54) is 6.92 Å². The van der Waals surface area contributed by atoms with E-state index in [2.05, 4.69) is 14.5 Å². The maximum atomic E-state index is 9.71. The maximum absolute atomic E-state index is 9.71. The second kappa shape index (κ2) is 7.88. The first-order valence-corrected chi connectivity index (χ1v) is 11.0. The van der Waals surface area contributed by atoms with E-state index in [9.17, 15) is 5.11 Å². The summed E-state index contributed by atoms with van der Waals surface area (Å²) in [5, 5.41) is 11.2. The zero-order valence-electron chi connectivity index (χ0n) is 18.4. The van der Waals surface area contributed by atoms with E-state index in [4.69, 9.17) is 30.5 Å². The standard InChI is InChI=1S/C23H26ClN3O5/c1-12-15-7-8-27(22(15)26-11-25-12)16-10-19(21-20(16)31-23(3,4)32-21)30-17-6-5-14(24)9-18(17)29-13(2)28/h5-9,11,13,16,19-21,28H,10H2,1-4H3/t13?,16-,19+,20+,21-/m1/s1. The molecule has 1 aromatic carbocycles. The summed E-state index contributed by atoms with van der Waals surface area (Å²) in [4.78, 5) is 8.81. The average molecular weight is 460 g/mol. The van der Waals surface area contributed by atoms with Crippen molar-refractivity contribution in [1.82, 2.24) is 14.5 Å². The molecule has 3 heterocycles. The summed E-state index contributed by atoms with van der Waals surface area (Å²) in [5.74, 6) is 0.131. The second-order valence-corrected chi connectivity index (χ2v) is 9.19. The van der Waals surface area contributed by atoms with Gasteiger partial charge in [0.25, 0.3) is 0 Å². The van der Waals surface area contributed by atoms with Gasteiger partial charge in [-0.1, -0.05) is 11.6 Å². The van der Waals surface area contributed by atoms with Crippen molar-refractivity contribution in [2.45, 2.75) is 70.5 Å². The van der Waals surface area contributed by atoms with Crippen LogP contribution >= 0.6 is 11.6 Å². The van der Waals surface area contributed by atoms with Gasteiger partial charge in [-0.05, 0) is 45.9 Å². The highest BCUT2D eigenvalue weighted by Crippen LogP contribution is 2.47. The number of hydrogen-bond donors (Lipinski definition) is 1. The first-order chi connectivity index (χ1) is 15.2. The number of benzene rings is 1. The van der Waals surface area contributed by atoms with Crippen LogP contribution in [0.5, 0.6) is 11.5 Å². The van der Waals surface area contributed by atoms with Crippen LogP contribution in [-0.4, -0.2) is 50.0 Å². The second-order valence-electron chi connectivity index (χ2n) is 8.75. The number of aryl methyl sites for hydroxylation is 1. The Bertz CT molecular complexity index is 1150. The number of aliphatic hydroxyl groups excluding tert-OH is 1. The van der Waals surface area contributed by atoms with Gasteiger partial charge in [0.2, 0.25) is 0 Å². The van der Waals surface area contributed by atoms with Crippen LogP contribution in [0.4, 0.5) is 0 Å². The quantitative estimate of drug-likeness (QED) is 0.576. The molecule has 8 nitrogen and oxygen atoms in total. The summed E-state index contributed by atoms with van der Waals surface area (Å²) in [5.41, 5.74) is 1.79. The number of aliphatic hydroxyl groups is 1. The highest BCUT2D eigenvalue weighted by atomic mass is 35.5. The van der Waals surface area contributed by atoms with Gasteiger partial charge in [0, 0.05) is 29.1 Å². The molecule has 5 rings (SSSR count). The van der Waals surface area contributed by atoms with Crippen molar-refractivity contribution in [2.75, 3.05) is 0 Å². The molecule has 170 valence electrons. The van der Waals surface area contributed by atoms with Crippen molar-refractivity contribution in [1.29, 1.82) is 0 Å². The normalized spacial score (nSPS) is 27.4. The SMILES string of the molecule is Cc1ncnc2c1ccn2[C@@H]1C[C@H](Oc2ccc(Cl)cc2OC(C)O)[C@H]2OC(C)(C)O[C@H]21. The fraction of sp³-hybridized carbons (Fsp3) is 0.478. The minimum Gasteiger partial charge on any atom is -0.484 e. The Morgan fingerprint density at radius 2 is 1.97 bits per heavy atom. The molecule has 5 atom stereocenters. The van der Waals surface area contributed by atoms with Gasteiger partial charge >= 0.3 is 0 Å². The lowest BCUT2D eigenvalue weighted by Crippen LogP contribution is -2.33. The largest absolute Gasteiger partial charge is 0.484 e. The highest BCUT2D eigenvalue weighted by molar-refractivity contribution is 6.30. The molecule has 3 aromatic rings.